The van der Waals surface area contributed by atoms with E-state index in [1.807, 2.05) is 0 Å². The lowest BCUT2D eigenvalue weighted by molar-refractivity contribution is -0.152. The summed E-state index contributed by atoms with van der Waals surface area (Å²) in [6, 6.07) is 7.70. The zero-order valence-corrected chi connectivity index (χ0v) is 75.2. The lowest BCUT2D eigenvalue weighted by atomic mass is 9.98. The fourth-order valence-corrected chi connectivity index (χ4v) is 17.1. The largest absolute Gasteiger partial charge is 0.508 e. The molecule has 4 heterocycles. The van der Waals surface area contributed by atoms with Crippen LogP contribution in [0.2, 0.25) is 0 Å². The summed E-state index contributed by atoms with van der Waals surface area (Å²) in [4.78, 5) is 258. The van der Waals surface area contributed by atoms with Gasteiger partial charge in [-0.1, -0.05) is 125 Å². The number of H-pyrrole nitrogens is 1. The summed E-state index contributed by atoms with van der Waals surface area (Å²) in [5, 5.41) is 55.7. The smallest absolute Gasteiger partial charge is 0.305 e. The van der Waals surface area contributed by atoms with Crippen LogP contribution in [0.1, 0.15) is 113 Å². The Labute approximate surface area is 769 Å². The molecule has 42 heteroatoms. The van der Waals surface area contributed by atoms with Gasteiger partial charge in [0.1, 0.15) is 84.3 Å². The van der Waals surface area contributed by atoms with Crippen molar-refractivity contribution < 1.29 is 110 Å². The summed E-state index contributed by atoms with van der Waals surface area (Å²) in [6.07, 6.45) is -4.45. The first-order valence-electron chi connectivity index (χ1n) is 43.6. The van der Waals surface area contributed by atoms with Gasteiger partial charge in [0.15, 0.2) is 17.5 Å². The molecule has 0 aliphatic carbocycles. The van der Waals surface area contributed by atoms with Gasteiger partial charge in [0.05, 0.1) is 24.8 Å². The van der Waals surface area contributed by atoms with E-state index in [2.05, 4.69) is 52.8 Å². The molecule has 14 atom stereocenters. The van der Waals surface area contributed by atoms with Gasteiger partial charge in [0.25, 0.3) is 0 Å². The highest BCUT2D eigenvalue weighted by molar-refractivity contribution is 8.00. The average Bonchev–Trinajstić information content (AvgIpc) is 1.79. The summed E-state index contributed by atoms with van der Waals surface area (Å²) in [5.74, 6) is -25.8. The topological polar surface area (TPSA) is 569 Å². The molecular weight excluding hydrogens is 1750 g/mol. The number of aliphatic carboxylic acids is 1. The fourth-order valence-electron chi connectivity index (χ4n) is 16.2. The van der Waals surface area contributed by atoms with Crippen LogP contribution in [0.25, 0.3) is 10.9 Å². The van der Waals surface area contributed by atoms with E-state index in [1.54, 1.807) is 98.0 Å². The quantitative estimate of drug-likeness (QED) is 0.0336. The van der Waals surface area contributed by atoms with E-state index in [0.29, 0.717) is 63.5 Å². The standard InChI is InChI=1S/C91H115F3N18O20S/c1-7-8-24-69-90(131)111-34-17-25-68(111)84(125)105-65(43-76(118)119)83(124)107-78(49(2)3)91(132)109(5)70(39-50-18-11-9-12-19-50)85(126)102-62(30-31-73(96)115)88(129)112-46-56(114)42-71(112)86(127)104-64(41-54-44-98-60-23-16-15-22-57(54)60)82(123)103-63(37-52-26-28-55(113)29-27-52)81(122)101-61(32-33-95)80(121)106-67(79(120)99-45-74(97)116)47-133-48-75(117)100-66(38-53-35-58(92)77(94)59(93)36-53)87(128)110(6)72(89(130)108(69)4)40-51-20-13-10-14-21-51/h9-16,18-23,26-29,35-36,44,49,56,61-72,78,98,113-114H,7-8,17,24-25,30-34,37-43,45-48,95H2,1-6H3,(H2,96,115)(H2,97,116)(H,99,120)(H,100,117)(H,101,122)(H,102,126)(H,103,123)(H,104,127)(H,105,125)(H,106,121)(H,107,124)(H,118,119)/t56-,61+,62+,63+,64+,65+,66+,67+,68-,69+,70+,71+,72+,78+/m1/s1. The normalized spacial score (nSPS) is 24.1. The third-order valence-electron chi connectivity index (χ3n) is 23.5. The second-order valence-corrected chi connectivity index (χ2v) is 34.6. The number of aromatic hydroxyl groups is 1. The number of aromatic amines is 1. The van der Waals surface area contributed by atoms with Gasteiger partial charge in [-0.25, -0.2) is 13.2 Å². The van der Waals surface area contributed by atoms with Gasteiger partial charge in [-0.2, -0.15) is 0 Å². The van der Waals surface area contributed by atoms with Gasteiger partial charge in [-0.3, -0.25) is 81.5 Å². The van der Waals surface area contributed by atoms with Gasteiger partial charge in [0, 0.05) is 102 Å². The number of carboxylic acid groups (broad SMARTS) is 1. The maximum absolute atomic E-state index is 15.7. The third-order valence-corrected chi connectivity index (χ3v) is 24.5. The number of nitrogens with one attached hydrogen (secondary N) is 10. The lowest BCUT2D eigenvalue weighted by Gasteiger charge is -2.38. The van der Waals surface area contributed by atoms with Crippen molar-refractivity contribution in [2.75, 3.05) is 58.8 Å². The number of aromatic nitrogens is 1. The second kappa shape index (κ2) is 48.6. The van der Waals surface area contributed by atoms with Crippen molar-refractivity contribution in [1.82, 2.24) is 77.3 Å². The first-order chi connectivity index (χ1) is 63.2. The highest BCUT2D eigenvalue weighted by atomic mass is 32.2. The first-order valence-corrected chi connectivity index (χ1v) is 44.8. The Bertz CT molecular complexity index is 5190. The minimum Gasteiger partial charge on any atom is -0.508 e. The van der Waals surface area contributed by atoms with E-state index in [-0.39, 0.29) is 69.3 Å². The number of aliphatic hydroxyl groups excluding tert-OH is 1. The molecular formula is C91H115F3N18O20S. The number of fused-ring (bicyclic) bond motifs is 3. The number of aliphatic hydroxyl groups is 1. The number of nitrogens with two attached hydrogens (primary N) is 3. The number of para-hydroxylation sites is 1. The zero-order valence-electron chi connectivity index (χ0n) is 74.4. The number of amides is 16. The molecule has 1 aromatic heterocycles. The Balaban J connectivity index is 1.13. The number of hydrogen-bond donors (Lipinski definition) is 16. The van der Waals surface area contributed by atoms with E-state index >= 15 is 51.9 Å². The molecule has 716 valence electrons. The molecule has 0 bridgehead atoms. The molecule has 3 aliphatic rings. The molecule has 0 spiro atoms. The van der Waals surface area contributed by atoms with Crippen LogP contribution in [0.15, 0.2) is 128 Å². The Morgan fingerprint density at radius 3 is 1.71 bits per heavy atom. The van der Waals surface area contributed by atoms with Crippen LogP contribution in [0.5, 0.6) is 5.75 Å². The molecule has 3 saturated heterocycles. The minimum absolute atomic E-state index is 0.0629. The molecule has 133 heavy (non-hydrogen) atoms. The molecule has 16 amide bonds. The maximum atomic E-state index is 15.7. The van der Waals surface area contributed by atoms with Crippen LogP contribution in [0.3, 0.4) is 0 Å². The predicted octanol–water partition coefficient (Wildman–Crippen LogP) is -0.600. The number of nitrogens with zero attached hydrogens (tertiary/aromatic N) is 5. The number of likely N-dealkylation sites (N-methyl/N-ethyl adjacent to an activating group) is 3. The summed E-state index contributed by atoms with van der Waals surface area (Å²) in [5.41, 5.74) is 19.0. The van der Waals surface area contributed by atoms with E-state index < -0.39 is 278 Å². The van der Waals surface area contributed by atoms with Crippen LogP contribution < -0.4 is 65.1 Å². The van der Waals surface area contributed by atoms with Crippen LogP contribution >= 0.6 is 11.8 Å². The average molecular weight is 1870 g/mol. The minimum atomic E-state index is -1.98. The van der Waals surface area contributed by atoms with Crippen molar-refractivity contribution in [3.63, 3.8) is 0 Å². The summed E-state index contributed by atoms with van der Waals surface area (Å²) in [7, 11) is 3.66. The number of thioether (sulfide) groups is 1. The second-order valence-electron chi connectivity index (χ2n) is 33.6. The maximum Gasteiger partial charge on any atom is 0.305 e. The van der Waals surface area contributed by atoms with Crippen molar-refractivity contribution in [1.29, 1.82) is 0 Å². The molecule has 0 saturated carbocycles. The number of hydrogen-bond acceptors (Lipinski definition) is 21. The summed E-state index contributed by atoms with van der Waals surface area (Å²) >= 11 is 0.634. The lowest BCUT2D eigenvalue weighted by Crippen LogP contribution is -2.62. The zero-order chi connectivity index (χ0) is 97.2. The van der Waals surface area contributed by atoms with E-state index in [4.69, 9.17) is 17.2 Å². The summed E-state index contributed by atoms with van der Waals surface area (Å²) < 4.78 is 45.0. The molecule has 0 radical (unpaired) electrons. The Hall–Kier alpha value is -13.5. The van der Waals surface area contributed by atoms with Gasteiger partial charge < -0.3 is 110 Å². The highest BCUT2D eigenvalue weighted by Gasteiger charge is 2.47. The van der Waals surface area contributed by atoms with E-state index in [9.17, 15) is 58.1 Å². The Morgan fingerprint density at radius 1 is 0.541 bits per heavy atom. The molecule has 3 aliphatic heterocycles. The number of phenols is 1. The van der Waals surface area contributed by atoms with E-state index in [0.717, 1.165) is 24.5 Å². The van der Waals surface area contributed by atoms with Crippen LogP contribution in [-0.4, -0.2) is 289 Å². The van der Waals surface area contributed by atoms with Crippen LogP contribution in [0.4, 0.5) is 13.2 Å². The molecule has 0 unspecified atom stereocenters. The SMILES string of the molecule is CCCC[C@H]1C(=O)N2CCC[C@@H]2C(=O)N[C@@H](CC(=O)O)C(=O)N[C@@H](C(C)C)C(=O)N(C)[C@@H](Cc2ccccc2)C(=O)N[C@@H](CCC(N)=O)C(=O)N2C[C@H](O)C[C@H]2C(=O)N[C@@H](Cc2c[nH]c3ccccc23)C(=O)N[C@@H](Cc2ccc(O)cc2)C(=O)N[C@@H](CCN)C(=O)N[C@H](C(=O)NCC(N)=O)CSCC(=O)N[C@@H](Cc2cc(F)c(F)c(F)c2)C(=O)N(C)[C@@H](Cc2ccccc2)C(=O)N1C. The Morgan fingerprint density at radius 2 is 1.09 bits per heavy atom. The monoisotopic (exact) mass is 1870 g/mol. The molecule has 5 aromatic carbocycles. The first kappa shape index (κ1) is 103. The molecule has 6 aromatic rings. The number of unbranched alkanes of at least 4 members (excludes halogenated alkanes) is 1. The van der Waals surface area contributed by atoms with Gasteiger partial charge in [-0.05, 0) is 103 Å². The number of carboxylic acids is 1. The highest BCUT2D eigenvalue weighted by Crippen LogP contribution is 2.29. The van der Waals surface area contributed by atoms with E-state index in [1.165, 1.54) is 59.3 Å². The number of primary amides is 2. The number of carbonyl (C=O) groups excluding carboxylic acids is 16. The van der Waals surface area contributed by atoms with Gasteiger partial charge in [0.2, 0.25) is 94.5 Å². The van der Waals surface area contributed by atoms with Crippen LogP contribution in [0, 0.1) is 23.4 Å². The summed E-state index contributed by atoms with van der Waals surface area (Å²) in [6.45, 7) is 2.97. The Kier molecular flexibility index (Phi) is 37.7. The number of benzene rings is 5. The van der Waals surface area contributed by atoms with Crippen molar-refractivity contribution in [3.05, 3.63) is 173 Å². The molecule has 3 fully saturated rings. The number of halogens is 3. The number of phenolic OH excluding ortho intramolecular Hbond substituents is 1. The van der Waals surface area contributed by atoms with Crippen molar-refractivity contribution in [2.45, 2.75) is 202 Å². The van der Waals surface area contributed by atoms with Gasteiger partial charge in [-0.15, -0.1) is 11.8 Å². The number of carbonyl (C=O) groups is 17. The molecule has 9 rings (SSSR count). The third kappa shape index (κ3) is 28.5. The van der Waals surface area contributed by atoms with Crippen LogP contribution in [-0.2, 0) is 114 Å². The van der Waals surface area contributed by atoms with Crippen molar-refractivity contribution in [2.24, 2.45) is 23.1 Å². The molecule has 38 nitrogen and oxygen atoms in total. The number of rotatable bonds is 24. The van der Waals surface area contributed by atoms with Crippen molar-refractivity contribution >= 4 is 123 Å². The van der Waals surface area contributed by atoms with Gasteiger partial charge >= 0.3 is 5.97 Å². The molecule has 19 N–H and O–H groups in total. The fraction of sp³-hybridized carbons (Fsp3) is 0.462. The van der Waals surface area contributed by atoms with Crippen molar-refractivity contribution in [3.8, 4) is 5.75 Å². The predicted molar refractivity (Wildman–Crippen MR) is 478 cm³/mol.